The molecule has 0 aromatic heterocycles. The summed E-state index contributed by atoms with van der Waals surface area (Å²) in [6.07, 6.45) is 1.60. The lowest BCUT2D eigenvalue weighted by Gasteiger charge is -2.09. The van der Waals surface area contributed by atoms with Crippen LogP contribution in [0.1, 0.15) is 29.5 Å². The molecule has 0 bridgehead atoms. The van der Waals surface area contributed by atoms with Crippen molar-refractivity contribution in [3.63, 3.8) is 0 Å². The van der Waals surface area contributed by atoms with Crippen molar-refractivity contribution < 1.29 is 8.42 Å². The third kappa shape index (κ3) is 3.95. The summed E-state index contributed by atoms with van der Waals surface area (Å²) in [5, 5.41) is 3.90. The normalized spacial score (nSPS) is 13.2. The van der Waals surface area contributed by atoms with Gasteiger partial charge in [0, 0.05) is 12.1 Å². The number of hydrogen-bond acceptors (Lipinski definition) is 3. The second kappa shape index (κ2) is 6.75. The summed E-state index contributed by atoms with van der Waals surface area (Å²) in [6, 6.07) is 15.1. The fourth-order valence-electron chi connectivity index (χ4n) is 2.10. The van der Waals surface area contributed by atoms with Gasteiger partial charge in [0.25, 0.3) is 10.0 Å². The van der Waals surface area contributed by atoms with E-state index in [9.17, 15) is 8.42 Å². The van der Waals surface area contributed by atoms with Crippen LogP contribution in [0.3, 0.4) is 0 Å². The monoisotopic (exact) mass is 316 g/mol. The van der Waals surface area contributed by atoms with Gasteiger partial charge in [-0.3, -0.25) is 0 Å². The maximum absolute atomic E-state index is 12.3. The fraction of sp³-hybridized carbons (Fsp3) is 0.235. The quantitative estimate of drug-likeness (QED) is 0.679. The number of nitrogens with zero attached hydrogens (tertiary/aromatic N) is 1. The van der Waals surface area contributed by atoms with E-state index in [1.807, 2.05) is 50.2 Å². The first-order valence-corrected chi connectivity index (χ1v) is 8.55. The van der Waals surface area contributed by atoms with E-state index in [-0.39, 0.29) is 10.8 Å². The number of nitrogens with one attached hydrogen (secondary N) is 1. The molecule has 4 nitrogen and oxygen atoms in total. The molecule has 0 heterocycles. The highest BCUT2D eigenvalue weighted by Crippen LogP contribution is 2.17. The van der Waals surface area contributed by atoms with Gasteiger partial charge in [0.15, 0.2) is 0 Å². The van der Waals surface area contributed by atoms with Gasteiger partial charge in [-0.1, -0.05) is 49.4 Å². The minimum Gasteiger partial charge on any atom is -0.200 e. The molecule has 0 saturated heterocycles. The molecule has 0 spiro atoms. The molecule has 0 amide bonds. The largest absolute Gasteiger partial charge is 0.276 e. The van der Waals surface area contributed by atoms with Crippen LogP contribution in [0.5, 0.6) is 0 Å². The second-order valence-corrected chi connectivity index (χ2v) is 6.97. The molecule has 0 saturated carbocycles. The average molecular weight is 316 g/mol. The SMILES string of the molecule is Cc1ccc(C)c(S(=O)(=O)N/N=C\[C@@H](C)c2ccccc2)c1. The third-order valence-corrected chi connectivity index (χ3v) is 4.79. The van der Waals surface area contributed by atoms with Crippen molar-refractivity contribution in [1.82, 2.24) is 4.83 Å². The minimum absolute atomic E-state index is 0.0301. The molecule has 0 aliphatic carbocycles. The number of rotatable bonds is 5. The average Bonchev–Trinajstić information content (AvgIpc) is 2.50. The molecule has 2 aromatic carbocycles. The number of benzene rings is 2. The molecule has 2 rings (SSSR count). The number of hydrazone groups is 1. The number of hydrogen-bond donors (Lipinski definition) is 1. The Morgan fingerprint density at radius 2 is 1.77 bits per heavy atom. The first-order valence-electron chi connectivity index (χ1n) is 7.07. The van der Waals surface area contributed by atoms with Gasteiger partial charge in [-0.05, 0) is 36.6 Å². The van der Waals surface area contributed by atoms with Crippen molar-refractivity contribution in [2.24, 2.45) is 5.10 Å². The lowest BCUT2D eigenvalue weighted by Crippen LogP contribution is -2.20. The number of sulfonamides is 1. The predicted molar refractivity (Wildman–Crippen MR) is 89.6 cm³/mol. The van der Waals surface area contributed by atoms with Crippen molar-refractivity contribution in [3.05, 3.63) is 65.2 Å². The Kier molecular flexibility index (Phi) is 4.98. The van der Waals surface area contributed by atoms with E-state index < -0.39 is 10.0 Å². The van der Waals surface area contributed by atoms with E-state index in [2.05, 4.69) is 9.93 Å². The lowest BCUT2D eigenvalue weighted by atomic mass is 10.0. The summed E-state index contributed by atoms with van der Waals surface area (Å²) in [4.78, 5) is 2.55. The Labute approximate surface area is 131 Å². The summed E-state index contributed by atoms with van der Waals surface area (Å²) in [5.41, 5.74) is 2.68. The maximum Gasteiger partial charge on any atom is 0.276 e. The summed E-state index contributed by atoms with van der Waals surface area (Å²) in [7, 11) is -3.64. The zero-order valence-electron chi connectivity index (χ0n) is 12.9. The van der Waals surface area contributed by atoms with Crippen molar-refractivity contribution in [2.45, 2.75) is 31.6 Å². The van der Waals surface area contributed by atoms with Crippen molar-refractivity contribution >= 4 is 16.2 Å². The molecule has 116 valence electrons. The van der Waals surface area contributed by atoms with Crippen LogP contribution in [0.4, 0.5) is 0 Å². The molecule has 0 fully saturated rings. The van der Waals surface area contributed by atoms with Gasteiger partial charge in [-0.25, -0.2) is 4.83 Å². The van der Waals surface area contributed by atoms with Gasteiger partial charge in [0.05, 0.1) is 4.90 Å². The summed E-state index contributed by atoms with van der Waals surface area (Å²) in [6.45, 7) is 5.59. The van der Waals surface area contributed by atoms with Crippen LogP contribution in [0.2, 0.25) is 0 Å². The first-order chi connectivity index (χ1) is 10.4. The van der Waals surface area contributed by atoms with Gasteiger partial charge in [-0.2, -0.15) is 13.5 Å². The smallest absolute Gasteiger partial charge is 0.200 e. The topological polar surface area (TPSA) is 58.5 Å². The maximum atomic E-state index is 12.3. The van der Waals surface area contributed by atoms with Crippen LogP contribution >= 0.6 is 0 Å². The first kappa shape index (κ1) is 16.2. The molecule has 22 heavy (non-hydrogen) atoms. The molecule has 0 radical (unpaired) electrons. The predicted octanol–water partition coefficient (Wildman–Crippen LogP) is 3.37. The van der Waals surface area contributed by atoms with E-state index in [0.29, 0.717) is 5.56 Å². The third-order valence-electron chi connectivity index (χ3n) is 3.43. The molecule has 0 unspecified atom stereocenters. The minimum atomic E-state index is -3.64. The molecule has 1 atom stereocenters. The van der Waals surface area contributed by atoms with Crippen molar-refractivity contribution in [2.75, 3.05) is 0 Å². The Hall–Kier alpha value is -2.14. The lowest BCUT2D eigenvalue weighted by molar-refractivity contribution is 0.583. The van der Waals surface area contributed by atoms with Gasteiger partial charge >= 0.3 is 0 Å². The Morgan fingerprint density at radius 1 is 1.09 bits per heavy atom. The molecule has 2 aromatic rings. The van der Waals surface area contributed by atoms with Crippen LogP contribution in [-0.4, -0.2) is 14.6 Å². The fourth-order valence-corrected chi connectivity index (χ4v) is 3.23. The van der Waals surface area contributed by atoms with Crippen LogP contribution in [-0.2, 0) is 10.0 Å². The highest BCUT2D eigenvalue weighted by atomic mass is 32.2. The Morgan fingerprint density at radius 3 is 2.45 bits per heavy atom. The van der Waals surface area contributed by atoms with Gasteiger partial charge in [-0.15, -0.1) is 0 Å². The summed E-state index contributed by atoms with van der Waals surface area (Å²) in [5.74, 6) is 0.0301. The standard InChI is InChI=1S/C17H20N2O2S/c1-13-9-10-14(2)17(11-13)22(20,21)19-18-12-15(3)16-7-5-4-6-8-16/h4-12,15,19H,1-3H3/b18-12-/t15-/m1/s1. The van der Waals surface area contributed by atoms with Crippen LogP contribution < -0.4 is 4.83 Å². The summed E-state index contributed by atoms with van der Waals surface area (Å²) >= 11 is 0. The van der Waals surface area contributed by atoms with Crippen LogP contribution in [0.15, 0.2) is 58.5 Å². The van der Waals surface area contributed by atoms with E-state index in [1.165, 1.54) is 0 Å². The van der Waals surface area contributed by atoms with Gasteiger partial charge in [0.1, 0.15) is 0 Å². The number of aryl methyl sites for hydroxylation is 2. The Bertz CT molecular complexity index is 769. The van der Waals surface area contributed by atoms with Crippen molar-refractivity contribution in [3.8, 4) is 0 Å². The zero-order valence-corrected chi connectivity index (χ0v) is 13.8. The highest BCUT2D eigenvalue weighted by Gasteiger charge is 2.15. The van der Waals surface area contributed by atoms with E-state index in [1.54, 1.807) is 25.3 Å². The summed E-state index contributed by atoms with van der Waals surface area (Å²) < 4.78 is 24.6. The highest BCUT2D eigenvalue weighted by molar-refractivity contribution is 7.89. The Balaban J connectivity index is 2.13. The molecule has 5 heteroatoms. The molecular formula is C17H20N2O2S. The van der Waals surface area contributed by atoms with E-state index in [0.717, 1.165) is 11.1 Å². The van der Waals surface area contributed by atoms with Crippen LogP contribution in [0, 0.1) is 13.8 Å². The zero-order chi connectivity index (χ0) is 16.2. The molecular weight excluding hydrogens is 296 g/mol. The van der Waals surface area contributed by atoms with E-state index >= 15 is 0 Å². The van der Waals surface area contributed by atoms with Crippen molar-refractivity contribution in [1.29, 1.82) is 0 Å². The second-order valence-electron chi connectivity index (χ2n) is 5.34. The van der Waals surface area contributed by atoms with Gasteiger partial charge < -0.3 is 0 Å². The molecule has 1 N–H and O–H groups in total. The van der Waals surface area contributed by atoms with E-state index in [4.69, 9.17) is 0 Å². The molecule has 0 aliphatic rings. The molecule has 0 aliphatic heterocycles. The van der Waals surface area contributed by atoms with Crippen LogP contribution in [0.25, 0.3) is 0 Å². The van der Waals surface area contributed by atoms with Gasteiger partial charge in [0.2, 0.25) is 0 Å².